The Morgan fingerprint density at radius 1 is 1.14 bits per heavy atom. The van der Waals surface area contributed by atoms with E-state index in [-0.39, 0.29) is 30.1 Å². The molecule has 1 saturated heterocycles. The van der Waals surface area contributed by atoms with E-state index >= 15 is 0 Å². The second-order valence-electron chi connectivity index (χ2n) is 9.56. The molecule has 3 atom stereocenters. The van der Waals surface area contributed by atoms with Gasteiger partial charge in [0.2, 0.25) is 0 Å². The van der Waals surface area contributed by atoms with Crippen molar-refractivity contribution in [3.63, 3.8) is 0 Å². The van der Waals surface area contributed by atoms with Crippen LogP contribution >= 0.6 is 0 Å². The number of carbonyl (C=O) groups is 2. The molecular weight excluding hydrogens is 350 g/mol. The number of Topliss-reactive ketones (excluding diaryl/α,β-unsaturated/α-hetero) is 2. The first-order valence-electron chi connectivity index (χ1n) is 11.2. The summed E-state index contributed by atoms with van der Waals surface area (Å²) in [5, 5.41) is 6.97. The topological polar surface area (TPSA) is 61.4 Å². The monoisotopic (exact) mass is 391 g/mol. The number of carbonyl (C=O) groups excluding carboxylic acids is 2. The highest BCUT2D eigenvalue weighted by molar-refractivity contribution is 5.93. The maximum atomic E-state index is 13.4. The number of hydrogen-bond donors (Lipinski definition) is 2. The number of fused-ring (bicyclic) bond motifs is 2. The predicted octanol–water partition coefficient (Wildman–Crippen LogP) is 3.09. The van der Waals surface area contributed by atoms with Gasteiger partial charge < -0.3 is 5.32 Å². The van der Waals surface area contributed by atoms with Gasteiger partial charge in [-0.2, -0.15) is 0 Å². The predicted molar refractivity (Wildman–Crippen MR) is 116 cm³/mol. The van der Waals surface area contributed by atoms with E-state index in [1.54, 1.807) is 0 Å². The fraction of sp³-hybridized carbons (Fsp3) is 0.826. The van der Waals surface area contributed by atoms with Crippen LogP contribution in [-0.4, -0.2) is 59.8 Å². The molecule has 5 heteroatoms. The lowest BCUT2D eigenvalue weighted by Gasteiger charge is -2.35. The van der Waals surface area contributed by atoms with Crippen LogP contribution in [-0.2, 0) is 9.59 Å². The normalized spacial score (nSPS) is 33.1. The molecule has 2 N–H and O–H groups in total. The Morgan fingerprint density at radius 3 is 2.57 bits per heavy atom. The largest absolute Gasteiger partial charge is 0.302 e. The molecule has 2 rings (SSSR count). The lowest BCUT2D eigenvalue weighted by atomic mass is 9.83. The first kappa shape index (κ1) is 23.2. The first-order valence-corrected chi connectivity index (χ1v) is 11.2. The van der Waals surface area contributed by atoms with Crippen molar-refractivity contribution in [1.29, 1.82) is 0 Å². The zero-order valence-corrected chi connectivity index (χ0v) is 18.6. The molecule has 2 heterocycles. The minimum absolute atomic E-state index is 0.0395. The summed E-state index contributed by atoms with van der Waals surface area (Å²) in [7, 11) is 0. The molecule has 1 unspecified atom stereocenters. The highest BCUT2D eigenvalue weighted by atomic mass is 16.1. The van der Waals surface area contributed by atoms with Crippen LogP contribution in [0.3, 0.4) is 0 Å². The fourth-order valence-electron chi connectivity index (χ4n) is 4.66. The summed E-state index contributed by atoms with van der Waals surface area (Å²) < 4.78 is 0. The third kappa shape index (κ3) is 5.98. The van der Waals surface area contributed by atoms with Crippen molar-refractivity contribution in [2.75, 3.05) is 26.2 Å². The van der Waals surface area contributed by atoms with E-state index in [2.05, 4.69) is 41.5 Å². The third-order valence-electron chi connectivity index (χ3n) is 6.23. The van der Waals surface area contributed by atoms with Gasteiger partial charge in [-0.15, -0.1) is 0 Å². The molecule has 5 nitrogen and oxygen atoms in total. The Hall–Kier alpha value is -1.04. The molecule has 0 aromatic carbocycles. The molecule has 0 aromatic rings. The van der Waals surface area contributed by atoms with Gasteiger partial charge in [0.1, 0.15) is 0 Å². The van der Waals surface area contributed by atoms with Gasteiger partial charge >= 0.3 is 0 Å². The molecule has 0 saturated carbocycles. The zero-order chi connectivity index (χ0) is 20.8. The Kier molecular flexibility index (Phi) is 8.41. The molecule has 2 aliphatic rings. The molecule has 0 radical (unpaired) electrons. The Bertz CT molecular complexity index is 572. The number of nitrogens with one attached hydrogen (secondary N) is 2. The van der Waals surface area contributed by atoms with E-state index in [4.69, 9.17) is 0 Å². The lowest BCUT2D eigenvalue weighted by molar-refractivity contribution is -0.129. The van der Waals surface area contributed by atoms with E-state index in [1.165, 1.54) is 0 Å². The second kappa shape index (κ2) is 10.1. The Balaban J connectivity index is 2.23. The van der Waals surface area contributed by atoms with E-state index in [0.717, 1.165) is 58.2 Å². The summed E-state index contributed by atoms with van der Waals surface area (Å²) in [5.41, 5.74) is -1.14. The van der Waals surface area contributed by atoms with Crippen molar-refractivity contribution in [3.8, 4) is 0 Å². The average molecular weight is 392 g/mol. The molecule has 0 aromatic heterocycles. The Morgan fingerprint density at radius 2 is 1.89 bits per heavy atom. The summed E-state index contributed by atoms with van der Waals surface area (Å²) in [6.45, 7) is 12.9. The Labute approximate surface area is 171 Å². The van der Waals surface area contributed by atoms with E-state index in [0.29, 0.717) is 0 Å². The fourth-order valence-corrected chi connectivity index (χ4v) is 4.66. The lowest BCUT2D eigenvalue weighted by Crippen LogP contribution is -2.61. The van der Waals surface area contributed by atoms with Gasteiger partial charge in [0.05, 0.1) is 17.6 Å². The summed E-state index contributed by atoms with van der Waals surface area (Å²) in [5.74, 6) is 0.358. The van der Waals surface area contributed by atoms with Crippen LogP contribution in [0.4, 0.5) is 0 Å². The number of ketones is 2. The summed E-state index contributed by atoms with van der Waals surface area (Å²) in [4.78, 5) is 28.7. The molecule has 0 aliphatic carbocycles. The number of allylic oxidation sites excluding steroid dienone is 1. The van der Waals surface area contributed by atoms with Gasteiger partial charge in [0.25, 0.3) is 0 Å². The minimum Gasteiger partial charge on any atom is -0.302 e. The second-order valence-corrected chi connectivity index (χ2v) is 9.56. The van der Waals surface area contributed by atoms with Crippen molar-refractivity contribution in [2.24, 2.45) is 5.92 Å². The molecule has 160 valence electrons. The highest BCUT2D eigenvalue weighted by Crippen LogP contribution is 2.25. The van der Waals surface area contributed by atoms with Crippen LogP contribution in [0.1, 0.15) is 73.1 Å². The number of rotatable bonds is 4. The van der Waals surface area contributed by atoms with Crippen molar-refractivity contribution in [1.82, 2.24) is 15.5 Å². The summed E-state index contributed by atoms with van der Waals surface area (Å²) in [6, 6.07) is 0.241. The molecule has 1 fully saturated rings. The van der Waals surface area contributed by atoms with E-state index in [9.17, 15) is 9.59 Å². The van der Waals surface area contributed by atoms with E-state index < -0.39 is 11.1 Å². The number of nitrogens with zero attached hydrogens (tertiary/aromatic N) is 1. The average Bonchev–Trinajstić information content (AvgIpc) is 3.03. The molecule has 0 amide bonds. The summed E-state index contributed by atoms with van der Waals surface area (Å²) >= 11 is 0. The quantitative estimate of drug-likeness (QED) is 0.721. The standard InChI is InChI=1S/C23H41N3O2/c1-18(2)21(28)22(5)12-10-8-6-7-9-11-14-26-15-13-23(17-26,25-19(3)4)20(27)16-24-22/h9,11,18-19,24-25H,6-8,10,12-17H2,1-5H3/t22-,23-/m0/s1. The van der Waals surface area contributed by atoms with Crippen LogP contribution in [0.25, 0.3) is 0 Å². The van der Waals surface area contributed by atoms with Gasteiger partial charge in [0.15, 0.2) is 11.6 Å². The van der Waals surface area contributed by atoms with Crippen LogP contribution in [0.2, 0.25) is 0 Å². The molecule has 0 spiro atoms. The zero-order valence-electron chi connectivity index (χ0n) is 18.6. The molecular formula is C23H41N3O2. The number of hydrogen-bond acceptors (Lipinski definition) is 5. The molecule has 2 aliphatic heterocycles. The van der Waals surface area contributed by atoms with Gasteiger partial charge in [0, 0.05) is 31.6 Å². The molecule has 28 heavy (non-hydrogen) atoms. The van der Waals surface area contributed by atoms with Crippen LogP contribution in [0.15, 0.2) is 12.2 Å². The smallest absolute Gasteiger partial charge is 0.167 e. The van der Waals surface area contributed by atoms with Crippen LogP contribution < -0.4 is 10.6 Å². The van der Waals surface area contributed by atoms with Crippen LogP contribution in [0.5, 0.6) is 0 Å². The van der Waals surface area contributed by atoms with E-state index in [1.807, 2.05) is 20.8 Å². The van der Waals surface area contributed by atoms with Gasteiger partial charge in [-0.25, -0.2) is 0 Å². The van der Waals surface area contributed by atoms with Crippen molar-refractivity contribution >= 4 is 11.6 Å². The first-order chi connectivity index (χ1) is 13.2. The van der Waals surface area contributed by atoms with Gasteiger partial charge in [-0.05, 0) is 46.5 Å². The third-order valence-corrected chi connectivity index (χ3v) is 6.23. The summed E-state index contributed by atoms with van der Waals surface area (Å²) in [6.07, 6.45) is 10.5. The van der Waals surface area contributed by atoms with Crippen molar-refractivity contribution < 1.29 is 9.59 Å². The van der Waals surface area contributed by atoms with Gasteiger partial charge in [-0.1, -0.05) is 38.8 Å². The SMILES string of the molecule is CC(C)N[C@]12CCN(CC=CCCCCC[C@@](C)(C(=O)C(C)C)NCC1=O)C2. The highest BCUT2D eigenvalue weighted by Gasteiger charge is 2.45. The maximum absolute atomic E-state index is 13.4. The maximum Gasteiger partial charge on any atom is 0.167 e. The minimum atomic E-state index is -0.628. The molecule has 2 bridgehead atoms. The van der Waals surface area contributed by atoms with Crippen molar-refractivity contribution in [2.45, 2.75) is 90.3 Å². The van der Waals surface area contributed by atoms with Crippen LogP contribution in [0, 0.1) is 5.92 Å². The van der Waals surface area contributed by atoms with Gasteiger partial charge in [-0.3, -0.25) is 19.8 Å². The van der Waals surface area contributed by atoms with Crippen molar-refractivity contribution in [3.05, 3.63) is 12.2 Å².